The lowest BCUT2D eigenvalue weighted by molar-refractivity contribution is -0.134. The van der Waals surface area contributed by atoms with Crippen LogP contribution in [0.5, 0.6) is 0 Å². The van der Waals surface area contributed by atoms with Crippen molar-refractivity contribution in [3.05, 3.63) is 41.5 Å². The number of rotatable bonds is 3. The summed E-state index contributed by atoms with van der Waals surface area (Å²) >= 11 is 0. The highest BCUT2D eigenvalue weighted by Crippen LogP contribution is 2.09. The van der Waals surface area contributed by atoms with Gasteiger partial charge in [0.15, 0.2) is 0 Å². The first kappa shape index (κ1) is 11.0. The van der Waals surface area contributed by atoms with Crippen molar-refractivity contribution in [3.63, 3.8) is 0 Å². The van der Waals surface area contributed by atoms with Gasteiger partial charge in [0, 0.05) is 11.6 Å². The molecule has 0 bridgehead atoms. The van der Waals surface area contributed by atoms with Gasteiger partial charge in [0.25, 0.3) is 0 Å². The third kappa shape index (κ3) is 2.95. The number of ether oxygens (including phenoxy) is 1. The number of hydrogen-bond donors (Lipinski definition) is 2. The Hall–Kier alpha value is -2.10. The van der Waals surface area contributed by atoms with Gasteiger partial charge in [0.1, 0.15) is 5.84 Å². The SMILES string of the molecule is COC(=O)C=Cc1ccccc1C(=N)N. The fourth-order valence-corrected chi connectivity index (χ4v) is 1.11. The molecule has 0 amide bonds. The third-order valence-electron chi connectivity index (χ3n) is 1.85. The van der Waals surface area contributed by atoms with Crippen molar-refractivity contribution in [3.8, 4) is 0 Å². The molecule has 0 radical (unpaired) electrons. The molecular formula is C11H12N2O2. The van der Waals surface area contributed by atoms with Crippen molar-refractivity contribution in [2.24, 2.45) is 5.73 Å². The first-order chi connectivity index (χ1) is 7.15. The van der Waals surface area contributed by atoms with Gasteiger partial charge in [0.2, 0.25) is 0 Å². The van der Waals surface area contributed by atoms with Crippen LogP contribution in [0.2, 0.25) is 0 Å². The highest BCUT2D eigenvalue weighted by Gasteiger charge is 2.01. The number of nitrogens with one attached hydrogen (secondary N) is 1. The Bertz CT molecular complexity index is 411. The zero-order valence-electron chi connectivity index (χ0n) is 8.36. The maximum atomic E-state index is 10.9. The number of esters is 1. The second-order valence-corrected chi connectivity index (χ2v) is 2.86. The van der Waals surface area contributed by atoms with Gasteiger partial charge < -0.3 is 10.5 Å². The molecule has 0 atom stereocenters. The Morgan fingerprint density at radius 2 is 2.13 bits per heavy atom. The van der Waals surface area contributed by atoms with Gasteiger partial charge >= 0.3 is 5.97 Å². The van der Waals surface area contributed by atoms with Crippen molar-refractivity contribution < 1.29 is 9.53 Å². The van der Waals surface area contributed by atoms with E-state index in [0.29, 0.717) is 5.56 Å². The van der Waals surface area contributed by atoms with Crippen molar-refractivity contribution in [1.29, 1.82) is 5.41 Å². The fraction of sp³-hybridized carbons (Fsp3) is 0.0909. The van der Waals surface area contributed by atoms with Crippen LogP contribution in [0.1, 0.15) is 11.1 Å². The average molecular weight is 204 g/mol. The molecule has 0 unspecified atom stereocenters. The molecule has 0 spiro atoms. The summed E-state index contributed by atoms with van der Waals surface area (Å²) in [6, 6.07) is 7.09. The summed E-state index contributed by atoms with van der Waals surface area (Å²) in [5.74, 6) is -0.464. The van der Waals surface area contributed by atoms with E-state index in [9.17, 15) is 4.79 Å². The zero-order chi connectivity index (χ0) is 11.3. The molecule has 1 aromatic carbocycles. The van der Waals surface area contributed by atoms with Crippen LogP contribution in [0.15, 0.2) is 30.3 Å². The van der Waals surface area contributed by atoms with E-state index in [1.165, 1.54) is 13.2 Å². The number of nitrogen functional groups attached to an aromatic ring is 1. The van der Waals surface area contributed by atoms with Gasteiger partial charge in [-0.3, -0.25) is 5.41 Å². The summed E-state index contributed by atoms with van der Waals surface area (Å²) in [6.07, 6.45) is 2.87. The quantitative estimate of drug-likeness (QED) is 0.335. The molecule has 1 rings (SSSR count). The van der Waals surface area contributed by atoms with Crippen LogP contribution < -0.4 is 5.73 Å². The number of hydrogen-bond acceptors (Lipinski definition) is 3. The Morgan fingerprint density at radius 3 is 2.73 bits per heavy atom. The second-order valence-electron chi connectivity index (χ2n) is 2.86. The van der Waals surface area contributed by atoms with Crippen LogP contribution in [-0.4, -0.2) is 18.9 Å². The summed E-state index contributed by atoms with van der Waals surface area (Å²) < 4.78 is 4.46. The molecule has 4 nitrogen and oxygen atoms in total. The predicted octanol–water partition coefficient (Wildman–Crippen LogP) is 1.16. The number of carbonyl (C=O) groups is 1. The normalized spacial score (nSPS) is 10.2. The van der Waals surface area contributed by atoms with Crippen molar-refractivity contribution >= 4 is 17.9 Å². The highest BCUT2D eigenvalue weighted by molar-refractivity contribution is 5.99. The fourth-order valence-electron chi connectivity index (χ4n) is 1.11. The first-order valence-corrected chi connectivity index (χ1v) is 4.34. The van der Waals surface area contributed by atoms with Crippen LogP contribution in [0.25, 0.3) is 6.08 Å². The average Bonchev–Trinajstić information content (AvgIpc) is 2.26. The molecule has 0 saturated carbocycles. The van der Waals surface area contributed by atoms with Crippen molar-refractivity contribution in [1.82, 2.24) is 0 Å². The van der Waals surface area contributed by atoms with E-state index in [0.717, 1.165) is 5.56 Å². The minimum atomic E-state index is -0.437. The molecule has 15 heavy (non-hydrogen) atoms. The molecule has 0 aliphatic rings. The van der Waals surface area contributed by atoms with Gasteiger partial charge in [-0.2, -0.15) is 0 Å². The smallest absolute Gasteiger partial charge is 0.330 e. The second kappa shape index (κ2) is 4.95. The van der Waals surface area contributed by atoms with E-state index in [1.54, 1.807) is 24.3 Å². The van der Waals surface area contributed by atoms with Gasteiger partial charge in [0.05, 0.1) is 7.11 Å². The molecule has 4 heteroatoms. The van der Waals surface area contributed by atoms with Crippen molar-refractivity contribution in [2.45, 2.75) is 0 Å². The molecule has 78 valence electrons. The van der Waals surface area contributed by atoms with E-state index in [-0.39, 0.29) is 5.84 Å². The number of nitrogens with two attached hydrogens (primary N) is 1. The standard InChI is InChI=1S/C11H12N2O2/c1-15-10(14)7-6-8-4-2-3-5-9(8)11(12)13/h2-7H,1H3,(H3,12,13). The summed E-state index contributed by atoms with van der Waals surface area (Å²) in [5.41, 5.74) is 6.70. The van der Waals surface area contributed by atoms with Crippen LogP contribution in [-0.2, 0) is 9.53 Å². The predicted molar refractivity (Wildman–Crippen MR) is 58.5 cm³/mol. The maximum absolute atomic E-state index is 10.9. The van der Waals surface area contributed by atoms with Crippen LogP contribution >= 0.6 is 0 Å². The minimum absolute atomic E-state index is 0.0277. The van der Waals surface area contributed by atoms with E-state index in [2.05, 4.69) is 4.74 Å². The molecule has 1 aromatic rings. The minimum Gasteiger partial charge on any atom is -0.466 e. The molecule has 3 N–H and O–H groups in total. The Kier molecular flexibility index (Phi) is 3.62. The maximum Gasteiger partial charge on any atom is 0.330 e. The van der Waals surface area contributed by atoms with E-state index < -0.39 is 5.97 Å². The van der Waals surface area contributed by atoms with Gasteiger partial charge in [-0.25, -0.2) is 4.79 Å². The van der Waals surface area contributed by atoms with E-state index in [4.69, 9.17) is 11.1 Å². The monoisotopic (exact) mass is 204 g/mol. The van der Waals surface area contributed by atoms with E-state index >= 15 is 0 Å². The lowest BCUT2D eigenvalue weighted by Gasteiger charge is -2.02. The van der Waals surface area contributed by atoms with Gasteiger partial charge in [-0.05, 0) is 11.6 Å². The molecule has 0 saturated heterocycles. The Morgan fingerprint density at radius 1 is 1.47 bits per heavy atom. The summed E-state index contributed by atoms with van der Waals surface area (Å²) in [7, 11) is 1.31. The molecule has 0 fully saturated rings. The first-order valence-electron chi connectivity index (χ1n) is 4.34. The summed E-state index contributed by atoms with van der Waals surface area (Å²) in [4.78, 5) is 10.9. The number of carbonyl (C=O) groups excluding carboxylic acids is 1. The van der Waals surface area contributed by atoms with Crippen LogP contribution in [0, 0.1) is 5.41 Å². The van der Waals surface area contributed by atoms with Gasteiger partial charge in [-0.15, -0.1) is 0 Å². The summed E-state index contributed by atoms with van der Waals surface area (Å²) in [6.45, 7) is 0. The zero-order valence-corrected chi connectivity index (χ0v) is 8.36. The number of benzene rings is 1. The third-order valence-corrected chi connectivity index (χ3v) is 1.85. The number of methoxy groups -OCH3 is 1. The summed E-state index contributed by atoms with van der Waals surface area (Å²) in [5, 5.41) is 7.33. The van der Waals surface area contributed by atoms with Gasteiger partial charge in [-0.1, -0.05) is 24.3 Å². The van der Waals surface area contributed by atoms with Crippen molar-refractivity contribution in [2.75, 3.05) is 7.11 Å². The molecule has 0 aliphatic heterocycles. The van der Waals surface area contributed by atoms with Crippen LogP contribution in [0.3, 0.4) is 0 Å². The molecule has 0 aliphatic carbocycles. The molecule has 0 aromatic heterocycles. The van der Waals surface area contributed by atoms with E-state index in [1.807, 2.05) is 6.07 Å². The molecular weight excluding hydrogens is 192 g/mol. The Labute approximate surface area is 87.9 Å². The number of amidine groups is 1. The highest BCUT2D eigenvalue weighted by atomic mass is 16.5. The lowest BCUT2D eigenvalue weighted by Crippen LogP contribution is -2.12. The Balaban J connectivity index is 2.99. The topological polar surface area (TPSA) is 76.2 Å². The lowest BCUT2D eigenvalue weighted by atomic mass is 10.1. The largest absolute Gasteiger partial charge is 0.466 e. The van der Waals surface area contributed by atoms with Crippen LogP contribution in [0.4, 0.5) is 0 Å². The molecule has 0 heterocycles.